The Labute approximate surface area is 116 Å². The molecular weight excluding hydrogens is 264 g/mol. The number of rotatable bonds is 4. The van der Waals surface area contributed by atoms with Gasteiger partial charge in [0.05, 0.1) is 7.11 Å². The van der Waals surface area contributed by atoms with Gasteiger partial charge in [-0.05, 0) is 19.1 Å². The van der Waals surface area contributed by atoms with Crippen molar-refractivity contribution in [3.05, 3.63) is 29.8 Å². The summed E-state index contributed by atoms with van der Waals surface area (Å²) in [4.78, 5) is 11.1. The Hall–Kier alpha value is -1.99. The first kappa shape index (κ1) is 14.4. The van der Waals surface area contributed by atoms with Crippen molar-refractivity contribution in [1.82, 2.24) is 0 Å². The predicted molar refractivity (Wildman–Crippen MR) is 67.8 cm³/mol. The molecule has 7 heteroatoms. The zero-order chi connectivity index (χ0) is 14.8. The highest BCUT2D eigenvalue weighted by Crippen LogP contribution is 2.40. The largest absolute Gasteiger partial charge is 0.497 e. The van der Waals surface area contributed by atoms with Crippen molar-refractivity contribution in [2.24, 2.45) is 10.2 Å². The molecule has 0 spiro atoms. The van der Waals surface area contributed by atoms with Crippen LogP contribution in [0.5, 0.6) is 5.75 Å². The minimum absolute atomic E-state index is 0.579. The summed E-state index contributed by atoms with van der Waals surface area (Å²) in [6, 6.07) is 7.13. The molecule has 2 rings (SSSR count). The van der Waals surface area contributed by atoms with Gasteiger partial charge in [-0.25, -0.2) is 0 Å². The van der Waals surface area contributed by atoms with Crippen LogP contribution in [0.3, 0.4) is 0 Å². The predicted octanol–water partition coefficient (Wildman–Crippen LogP) is 2.17. The molecule has 108 valence electrons. The highest BCUT2D eigenvalue weighted by atomic mass is 16.9. The van der Waals surface area contributed by atoms with Crippen molar-refractivity contribution in [1.29, 1.82) is 0 Å². The SMILES string of the molecule is COc1ccc([C@]2(C)N=N[C@@](OC)(OC(C)=O)O2)cc1. The van der Waals surface area contributed by atoms with E-state index in [0.29, 0.717) is 5.75 Å². The number of carbonyl (C=O) groups excluding carboxylic acids is 1. The van der Waals surface area contributed by atoms with E-state index in [2.05, 4.69) is 10.2 Å². The molecule has 1 aromatic carbocycles. The van der Waals surface area contributed by atoms with E-state index < -0.39 is 17.8 Å². The second kappa shape index (κ2) is 5.18. The van der Waals surface area contributed by atoms with Crippen LogP contribution >= 0.6 is 0 Å². The molecule has 0 saturated carbocycles. The van der Waals surface area contributed by atoms with Crippen molar-refractivity contribution < 1.29 is 23.7 Å². The maximum absolute atomic E-state index is 11.1. The van der Waals surface area contributed by atoms with Gasteiger partial charge in [0.25, 0.3) is 0 Å². The summed E-state index contributed by atoms with van der Waals surface area (Å²) in [6.07, 6.45) is -1.83. The molecule has 0 radical (unpaired) electrons. The fraction of sp³-hybridized carbons (Fsp3) is 0.462. The lowest BCUT2D eigenvalue weighted by Gasteiger charge is -2.26. The van der Waals surface area contributed by atoms with E-state index in [1.165, 1.54) is 14.0 Å². The normalized spacial score (nSPS) is 28.4. The van der Waals surface area contributed by atoms with Gasteiger partial charge in [-0.15, -0.1) is 5.11 Å². The fourth-order valence-corrected chi connectivity index (χ4v) is 1.81. The van der Waals surface area contributed by atoms with Crippen LogP contribution in [-0.2, 0) is 24.7 Å². The van der Waals surface area contributed by atoms with Gasteiger partial charge in [0.15, 0.2) is 0 Å². The minimum atomic E-state index is -1.83. The molecule has 1 aromatic rings. The third kappa shape index (κ3) is 2.63. The molecule has 7 nitrogen and oxygen atoms in total. The number of ether oxygens (including phenoxy) is 4. The number of azo groups is 1. The van der Waals surface area contributed by atoms with E-state index in [-0.39, 0.29) is 0 Å². The highest BCUT2D eigenvalue weighted by molar-refractivity contribution is 5.66. The van der Waals surface area contributed by atoms with Gasteiger partial charge < -0.3 is 9.47 Å². The summed E-state index contributed by atoms with van der Waals surface area (Å²) < 4.78 is 20.7. The Balaban J connectivity index is 2.24. The van der Waals surface area contributed by atoms with Crippen molar-refractivity contribution in [3.63, 3.8) is 0 Å². The topological polar surface area (TPSA) is 78.7 Å². The molecule has 0 aliphatic carbocycles. The van der Waals surface area contributed by atoms with Crippen LogP contribution in [0, 0.1) is 0 Å². The standard InChI is InChI=1S/C13H16N2O5/c1-9(16)19-13(18-4)15-14-12(2,20-13)10-5-7-11(17-3)8-6-10/h5-8H,1-4H3/t12-,13-/m1/s1. The quantitative estimate of drug-likeness (QED) is 0.624. The molecule has 0 N–H and O–H groups in total. The Morgan fingerprint density at radius 2 is 1.85 bits per heavy atom. The zero-order valence-electron chi connectivity index (χ0n) is 11.7. The number of nitrogens with zero attached hydrogens (tertiary/aromatic N) is 2. The van der Waals surface area contributed by atoms with Crippen LogP contribution in [-0.4, -0.2) is 26.3 Å². The number of benzene rings is 1. The summed E-state index contributed by atoms with van der Waals surface area (Å²) >= 11 is 0. The second-order valence-corrected chi connectivity index (χ2v) is 4.34. The maximum Gasteiger partial charge on any atom is 0.464 e. The van der Waals surface area contributed by atoms with Gasteiger partial charge in [-0.2, -0.15) is 0 Å². The molecule has 0 amide bonds. The Morgan fingerprint density at radius 1 is 1.20 bits per heavy atom. The first-order valence-corrected chi connectivity index (χ1v) is 5.96. The van der Waals surface area contributed by atoms with E-state index in [1.54, 1.807) is 38.3 Å². The van der Waals surface area contributed by atoms with E-state index >= 15 is 0 Å². The molecule has 0 fully saturated rings. The average molecular weight is 280 g/mol. The molecular formula is C13H16N2O5. The van der Waals surface area contributed by atoms with Crippen LogP contribution < -0.4 is 4.74 Å². The van der Waals surface area contributed by atoms with Gasteiger partial charge in [0.1, 0.15) is 5.75 Å². The van der Waals surface area contributed by atoms with Crippen LogP contribution in [0.4, 0.5) is 0 Å². The molecule has 1 heterocycles. The van der Waals surface area contributed by atoms with Crippen molar-refractivity contribution >= 4 is 5.97 Å². The molecule has 1 aliphatic rings. The smallest absolute Gasteiger partial charge is 0.464 e. The first-order valence-electron chi connectivity index (χ1n) is 5.96. The van der Waals surface area contributed by atoms with Gasteiger partial charge in [0.2, 0.25) is 5.72 Å². The minimum Gasteiger partial charge on any atom is -0.497 e. The summed E-state index contributed by atoms with van der Waals surface area (Å²) in [5.41, 5.74) is -0.370. The fourth-order valence-electron chi connectivity index (χ4n) is 1.81. The molecule has 2 atom stereocenters. The van der Waals surface area contributed by atoms with Gasteiger partial charge in [0, 0.05) is 19.6 Å². The molecule has 20 heavy (non-hydrogen) atoms. The van der Waals surface area contributed by atoms with Crippen LogP contribution in [0.2, 0.25) is 0 Å². The maximum atomic E-state index is 11.1. The number of carbonyl (C=O) groups is 1. The van der Waals surface area contributed by atoms with Crippen LogP contribution in [0.15, 0.2) is 34.5 Å². The third-order valence-electron chi connectivity index (χ3n) is 2.85. The van der Waals surface area contributed by atoms with Gasteiger partial charge >= 0.3 is 12.1 Å². The van der Waals surface area contributed by atoms with E-state index in [1.807, 2.05) is 0 Å². The lowest BCUT2D eigenvalue weighted by atomic mass is 10.1. The number of methoxy groups -OCH3 is 2. The zero-order valence-corrected chi connectivity index (χ0v) is 11.7. The molecule has 0 saturated heterocycles. The Kier molecular flexibility index (Phi) is 3.74. The Morgan fingerprint density at radius 3 is 2.35 bits per heavy atom. The third-order valence-corrected chi connectivity index (χ3v) is 2.85. The summed E-state index contributed by atoms with van der Waals surface area (Å²) in [6.45, 7) is 2.94. The van der Waals surface area contributed by atoms with Crippen LogP contribution in [0.1, 0.15) is 19.4 Å². The molecule has 0 aromatic heterocycles. The number of esters is 1. The summed E-state index contributed by atoms with van der Waals surface area (Å²) in [7, 11) is 2.90. The van der Waals surface area contributed by atoms with Crippen molar-refractivity contribution in [2.45, 2.75) is 25.7 Å². The highest BCUT2D eigenvalue weighted by Gasteiger charge is 2.50. The summed E-state index contributed by atoms with van der Waals surface area (Å²) in [5.74, 6) is 0.134. The summed E-state index contributed by atoms with van der Waals surface area (Å²) in [5, 5.41) is 7.83. The molecule has 0 bridgehead atoms. The second-order valence-electron chi connectivity index (χ2n) is 4.34. The van der Waals surface area contributed by atoms with E-state index in [9.17, 15) is 4.79 Å². The first-order chi connectivity index (χ1) is 9.43. The van der Waals surface area contributed by atoms with E-state index in [0.717, 1.165) is 5.56 Å². The van der Waals surface area contributed by atoms with Gasteiger partial charge in [-0.1, -0.05) is 17.2 Å². The monoisotopic (exact) mass is 280 g/mol. The molecule has 1 aliphatic heterocycles. The Bertz CT molecular complexity index is 530. The lowest BCUT2D eigenvalue weighted by Crippen LogP contribution is -2.39. The lowest BCUT2D eigenvalue weighted by molar-refractivity contribution is -0.362. The van der Waals surface area contributed by atoms with Gasteiger partial charge in [-0.3, -0.25) is 14.3 Å². The van der Waals surface area contributed by atoms with Crippen molar-refractivity contribution in [3.8, 4) is 5.75 Å². The van der Waals surface area contributed by atoms with E-state index in [4.69, 9.17) is 18.9 Å². The number of hydrogen-bond acceptors (Lipinski definition) is 7. The van der Waals surface area contributed by atoms with Crippen molar-refractivity contribution in [2.75, 3.05) is 14.2 Å². The van der Waals surface area contributed by atoms with Crippen LogP contribution in [0.25, 0.3) is 0 Å². The average Bonchev–Trinajstić information content (AvgIpc) is 2.77. The number of hydrogen-bond donors (Lipinski definition) is 0. The molecule has 0 unspecified atom stereocenters.